The number of pyridine rings is 1. The van der Waals surface area contributed by atoms with Crippen LogP contribution >= 0.6 is 39.1 Å². The zero-order valence-corrected chi connectivity index (χ0v) is 14.1. The van der Waals surface area contributed by atoms with Gasteiger partial charge in [-0.2, -0.15) is 0 Å². The first kappa shape index (κ1) is 15.8. The second kappa shape index (κ2) is 7.41. The number of aromatic nitrogens is 1. The van der Waals surface area contributed by atoms with Crippen molar-refractivity contribution in [1.29, 1.82) is 0 Å². The summed E-state index contributed by atoms with van der Waals surface area (Å²) in [4.78, 5) is 4.22. The summed E-state index contributed by atoms with van der Waals surface area (Å²) >= 11 is 16.0. The van der Waals surface area contributed by atoms with Crippen LogP contribution in [0.15, 0.2) is 41.1 Å². The first-order chi connectivity index (χ1) is 9.61. The third-order valence-electron chi connectivity index (χ3n) is 3.05. The minimum Gasteiger partial charge on any atom is -0.310 e. The van der Waals surface area contributed by atoms with Crippen LogP contribution < -0.4 is 5.32 Å². The molecule has 106 valence electrons. The molecule has 0 fully saturated rings. The van der Waals surface area contributed by atoms with Crippen molar-refractivity contribution in [2.45, 2.75) is 19.4 Å². The zero-order chi connectivity index (χ0) is 14.5. The Balaban J connectivity index is 2.30. The van der Waals surface area contributed by atoms with Gasteiger partial charge in [0.15, 0.2) is 0 Å². The van der Waals surface area contributed by atoms with E-state index in [9.17, 15) is 0 Å². The molecule has 1 heterocycles. The largest absolute Gasteiger partial charge is 0.310 e. The number of nitrogens with zero attached hydrogens (tertiary/aromatic N) is 1. The van der Waals surface area contributed by atoms with Gasteiger partial charge in [-0.25, -0.2) is 0 Å². The first-order valence-corrected chi connectivity index (χ1v) is 7.93. The Kier molecular flexibility index (Phi) is 5.85. The number of likely N-dealkylation sites (N-methyl/N-ethyl adjacent to an activating group) is 1. The van der Waals surface area contributed by atoms with E-state index in [0.717, 1.165) is 28.6 Å². The maximum absolute atomic E-state index is 6.26. The number of hydrogen-bond acceptors (Lipinski definition) is 2. The third kappa shape index (κ3) is 3.95. The number of rotatable bonds is 5. The van der Waals surface area contributed by atoms with E-state index in [-0.39, 0.29) is 6.04 Å². The Morgan fingerprint density at radius 1 is 1.25 bits per heavy atom. The molecule has 0 aliphatic rings. The molecule has 0 radical (unpaired) electrons. The molecule has 1 aromatic carbocycles. The summed E-state index contributed by atoms with van der Waals surface area (Å²) in [6.45, 7) is 2.94. The van der Waals surface area contributed by atoms with E-state index in [2.05, 4.69) is 39.2 Å². The van der Waals surface area contributed by atoms with Gasteiger partial charge in [-0.15, -0.1) is 0 Å². The molecule has 0 aliphatic heterocycles. The van der Waals surface area contributed by atoms with Crippen LogP contribution in [0.25, 0.3) is 0 Å². The minimum absolute atomic E-state index is 0.127. The van der Waals surface area contributed by atoms with Gasteiger partial charge in [0.25, 0.3) is 0 Å². The average molecular weight is 374 g/mol. The van der Waals surface area contributed by atoms with Crippen LogP contribution in [0.4, 0.5) is 0 Å². The lowest BCUT2D eigenvalue weighted by molar-refractivity contribution is 0.548. The molecule has 0 spiro atoms. The quantitative estimate of drug-likeness (QED) is 0.793. The van der Waals surface area contributed by atoms with E-state index >= 15 is 0 Å². The van der Waals surface area contributed by atoms with Crippen LogP contribution in [0.1, 0.15) is 24.1 Å². The van der Waals surface area contributed by atoms with E-state index < -0.39 is 0 Å². The molecule has 1 aromatic heterocycles. The second-order valence-corrected chi connectivity index (χ2v) is 6.18. The van der Waals surface area contributed by atoms with Gasteiger partial charge >= 0.3 is 0 Å². The summed E-state index contributed by atoms with van der Waals surface area (Å²) in [5, 5.41) is 4.85. The van der Waals surface area contributed by atoms with Crippen LogP contribution in [0.5, 0.6) is 0 Å². The Morgan fingerprint density at radius 3 is 2.55 bits per heavy atom. The highest BCUT2D eigenvalue weighted by Gasteiger charge is 2.16. The molecule has 0 aliphatic carbocycles. The van der Waals surface area contributed by atoms with Crippen molar-refractivity contribution in [3.63, 3.8) is 0 Å². The molecule has 2 nitrogen and oxygen atoms in total. The average Bonchev–Trinajstić information content (AvgIpc) is 2.42. The summed E-state index contributed by atoms with van der Waals surface area (Å²) in [5.41, 5.74) is 2.07. The lowest BCUT2D eigenvalue weighted by Gasteiger charge is -2.19. The monoisotopic (exact) mass is 372 g/mol. The highest BCUT2D eigenvalue weighted by Crippen LogP contribution is 2.29. The molecular formula is C15H15BrCl2N2. The molecule has 0 saturated heterocycles. The van der Waals surface area contributed by atoms with Gasteiger partial charge in [-0.1, -0.05) is 36.2 Å². The molecule has 2 rings (SSSR count). The summed E-state index contributed by atoms with van der Waals surface area (Å²) < 4.78 is 0.961. The number of hydrogen-bond donors (Lipinski definition) is 1. The van der Waals surface area contributed by atoms with Gasteiger partial charge in [-0.05, 0) is 58.2 Å². The minimum atomic E-state index is 0.127. The predicted molar refractivity (Wildman–Crippen MR) is 88.5 cm³/mol. The van der Waals surface area contributed by atoms with E-state index in [1.54, 1.807) is 6.20 Å². The van der Waals surface area contributed by atoms with E-state index in [4.69, 9.17) is 23.2 Å². The van der Waals surface area contributed by atoms with Crippen LogP contribution in [-0.2, 0) is 6.42 Å². The van der Waals surface area contributed by atoms with Gasteiger partial charge in [0, 0.05) is 33.0 Å². The number of halogens is 3. The molecule has 5 heteroatoms. The topological polar surface area (TPSA) is 24.9 Å². The number of nitrogens with one attached hydrogen (secondary N) is 1. The lowest BCUT2D eigenvalue weighted by Crippen LogP contribution is -2.23. The molecule has 2 aromatic rings. The second-order valence-electron chi connectivity index (χ2n) is 4.45. The van der Waals surface area contributed by atoms with Gasteiger partial charge in [-0.3, -0.25) is 4.98 Å². The normalized spacial score (nSPS) is 12.4. The summed E-state index contributed by atoms with van der Waals surface area (Å²) in [6, 6.07) is 7.78. The van der Waals surface area contributed by atoms with Crippen LogP contribution in [0, 0.1) is 0 Å². The Bertz CT molecular complexity index is 570. The summed E-state index contributed by atoms with van der Waals surface area (Å²) in [7, 11) is 0. The van der Waals surface area contributed by atoms with Crippen molar-refractivity contribution in [2.75, 3.05) is 6.54 Å². The number of benzene rings is 1. The fourth-order valence-corrected chi connectivity index (χ4v) is 3.04. The maximum Gasteiger partial charge on any atom is 0.0453 e. The maximum atomic E-state index is 6.26. The summed E-state index contributed by atoms with van der Waals surface area (Å²) in [6.07, 6.45) is 4.36. The van der Waals surface area contributed by atoms with Crippen LogP contribution in [0.3, 0.4) is 0 Å². The molecule has 0 bridgehead atoms. The van der Waals surface area contributed by atoms with Gasteiger partial charge in [0.2, 0.25) is 0 Å². The fourth-order valence-electron chi connectivity index (χ4n) is 2.10. The van der Waals surface area contributed by atoms with Crippen molar-refractivity contribution < 1.29 is 0 Å². The SMILES string of the molecule is CCNC(Cc1c(Cl)cccc1Cl)c1cncc(Br)c1. The highest BCUT2D eigenvalue weighted by atomic mass is 79.9. The third-order valence-corrected chi connectivity index (χ3v) is 4.19. The Hall–Kier alpha value is -0.610. The van der Waals surface area contributed by atoms with Crippen LogP contribution in [-0.4, -0.2) is 11.5 Å². The van der Waals surface area contributed by atoms with E-state index in [0.29, 0.717) is 10.0 Å². The molecular weight excluding hydrogens is 359 g/mol. The lowest BCUT2D eigenvalue weighted by atomic mass is 10.00. The molecule has 0 amide bonds. The Morgan fingerprint density at radius 2 is 1.95 bits per heavy atom. The van der Waals surface area contributed by atoms with Crippen LogP contribution in [0.2, 0.25) is 10.0 Å². The van der Waals surface area contributed by atoms with E-state index in [1.807, 2.05) is 24.4 Å². The fraction of sp³-hybridized carbons (Fsp3) is 0.267. The highest BCUT2D eigenvalue weighted by molar-refractivity contribution is 9.10. The first-order valence-electron chi connectivity index (χ1n) is 6.38. The van der Waals surface area contributed by atoms with Crippen molar-refractivity contribution in [3.05, 3.63) is 62.3 Å². The smallest absolute Gasteiger partial charge is 0.0453 e. The van der Waals surface area contributed by atoms with Gasteiger partial charge < -0.3 is 5.32 Å². The van der Waals surface area contributed by atoms with E-state index in [1.165, 1.54) is 0 Å². The van der Waals surface area contributed by atoms with Gasteiger partial charge in [0.1, 0.15) is 0 Å². The van der Waals surface area contributed by atoms with Crippen molar-refractivity contribution >= 4 is 39.1 Å². The molecule has 1 unspecified atom stereocenters. The molecule has 1 atom stereocenters. The van der Waals surface area contributed by atoms with Gasteiger partial charge in [0.05, 0.1) is 0 Å². The van der Waals surface area contributed by atoms with Crippen molar-refractivity contribution in [3.8, 4) is 0 Å². The zero-order valence-electron chi connectivity index (χ0n) is 11.0. The summed E-state index contributed by atoms with van der Waals surface area (Å²) in [5.74, 6) is 0. The standard InChI is InChI=1S/C15H15BrCl2N2/c1-2-20-15(10-6-11(16)9-19-8-10)7-12-13(17)4-3-5-14(12)18/h3-6,8-9,15,20H,2,7H2,1H3. The van der Waals surface area contributed by atoms with Crippen molar-refractivity contribution in [2.24, 2.45) is 0 Å². The molecule has 1 N–H and O–H groups in total. The molecule has 20 heavy (non-hydrogen) atoms. The Labute approximate surface area is 137 Å². The molecule has 0 saturated carbocycles. The van der Waals surface area contributed by atoms with Crippen molar-refractivity contribution in [1.82, 2.24) is 10.3 Å². The predicted octanol–water partition coefficient (Wildman–Crippen LogP) is 5.04.